The second-order valence-electron chi connectivity index (χ2n) is 3.36. The van der Waals surface area contributed by atoms with Gasteiger partial charge in [-0.15, -0.1) is 11.6 Å². The zero-order valence-electron chi connectivity index (χ0n) is 9.76. The second-order valence-corrected chi connectivity index (χ2v) is 7.30. The van der Waals surface area contributed by atoms with Gasteiger partial charge in [-0.05, 0) is 0 Å². The van der Waals surface area contributed by atoms with Crippen molar-refractivity contribution >= 4 is 46.9 Å². The first-order valence-electron chi connectivity index (χ1n) is 5.47. The fraction of sp³-hybridized carbons (Fsp3) is 1.00. The van der Waals surface area contributed by atoms with Crippen molar-refractivity contribution in [2.24, 2.45) is 0 Å². The number of aliphatic hydroxyl groups is 3. The van der Waals surface area contributed by atoms with Gasteiger partial charge >= 0.3 is 0 Å². The summed E-state index contributed by atoms with van der Waals surface area (Å²) in [6.45, 7) is 0.347. The molecule has 17 heavy (non-hydrogen) atoms. The summed E-state index contributed by atoms with van der Waals surface area (Å²) < 4.78 is 0. The van der Waals surface area contributed by atoms with E-state index in [-0.39, 0.29) is 19.3 Å². The maximum atomic E-state index is 9.63. The number of aliphatic hydroxyl groups excluding tert-OH is 3. The Bertz CT molecular complexity index is 166. The standard InChI is InChI=1S/C10H21ClO3S3/c11-5-10(17-4-2-13)8-16-7-9(14)6-15-3-1-12/h9-10,12-14H,1-8H2. The molecule has 0 aliphatic carbocycles. The quantitative estimate of drug-likeness (QED) is 0.370. The maximum Gasteiger partial charge on any atom is 0.0720 e. The van der Waals surface area contributed by atoms with Crippen molar-refractivity contribution in [3.8, 4) is 0 Å². The van der Waals surface area contributed by atoms with Gasteiger partial charge in [0.25, 0.3) is 0 Å². The van der Waals surface area contributed by atoms with Crippen molar-refractivity contribution in [2.75, 3.05) is 47.9 Å². The fourth-order valence-electron chi connectivity index (χ4n) is 1.02. The van der Waals surface area contributed by atoms with Gasteiger partial charge in [0.2, 0.25) is 0 Å². The number of hydrogen-bond acceptors (Lipinski definition) is 6. The van der Waals surface area contributed by atoms with E-state index in [9.17, 15) is 5.11 Å². The van der Waals surface area contributed by atoms with Gasteiger partial charge in [-0.3, -0.25) is 0 Å². The molecule has 0 rings (SSSR count). The average molecular weight is 321 g/mol. The highest BCUT2D eigenvalue weighted by Crippen LogP contribution is 2.19. The molecule has 0 aromatic carbocycles. The minimum Gasteiger partial charge on any atom is -0.396 e. The molecule has 0 radical (unpaired) electrons. The summed E-state index contributed by atoms with van der Waals surface area (Å²) in [5.74, 6) is 4.24. The molecule has 104 valence electrons. The Kier molecular flexibility index (Phi) is 14.6. The SMILES string of the molecule is OCCSCC(O)CSCC(CCl)SCCO. The molecular formula is C10H21ClO3S3. The summed E-state index contributed by atoms with van der Waals surface area (Å²) in [7, 11) is 0. The Balaban J connectivity index is 3.45. The molecule has 0 amide bonds. The Morgan fingerprint density at radius 1 is 0.941 bits per heavy atom. The first-order chi connectivity index (χ1) is 8.24. The van der Waals surface area contributed by atoms with Gasteiger partial charge in [0.15, 0.2) is 0 Å². The normalized spacial score (nSPS) is 14.8. The van der Waals surface area contributed by atoms with Gasteiger partial charge in [-0.25, -0.2) is 0 Å². The summed E-state index contributed by atoms with van der Waals surface area (Å²) in [5, 5.41) is 27.3. The van der Waals surface area contributed by atoms with E-state index in [4.69, 9.17) is 21.8 Å². The monoisotopic (exact) mass is 320 g/mol. The topological polar surface area (TPSA) is 60.7 Å². The lowest BCUT2D eigenvalue weighted by Gasteiger charge is -2.14. The average Bonchev–Trinajstić information content (AvgIpc) is 2.34. The highest BCUT2D eigenvalue weighted by atomic mass is 35.5. The lowest BCUT2D eigenvalue weighted by atomic mass is 10.5. The first-order valence-corrected chi connectivity index (χ1v) is 9.36. The Labute approximate surface area is 121 Å². The summed E-state index contributed by atoms with van der Waals surface area (Å²) >= 11 is 10.7. The van der Waals surface area contributed by atoms with E-state index in [0.29, 0.717) is 34.1 Å². The van der Waals surface area contributed by atoms with Crippen molar-refractivity contribution in [1.29, 1.82) is 0 Å². The number of halogens is 1. The molecule has 0 aliphatic heterocycles. The van der Waals surface area contributed by atoms with Crippen LogP contribution in [-0.2, 0) is 0 Å². The molecule has 0 fully saturated rings. The summed E-state index contributed by atoms with van der Waals surface area (Å²) in [4.78, 5) is 0. The molecule has 0 heterocycles. The zero-order chi connectivity index (χ0) is 12.9. The van der Waals surface area contributed by atoms with Crippen LogP contribution in [0.1, 0.15) is 0 Å². The van der Waals surface area contributed by atoms with E-state index < -0.39 is 0 Å². The van der Waals surface area contributed by atoms with Gasteiger partial charge in [-0.1, -0.05) is 0 Å². The molecular weight excluding hydrogens is 300 g/mol. The smallest absolute Gasteiger partial charge is 0.0720 e. The summed E-state index contributed by atoms with van der Waals surface area (Å²) in [6.07, 6.45) is -0.324. The molecule has 2 atom stereocenters. The van der Waals surface area contributed by atoms with Gasteiger partial charge < -0.3 is 15.3 Å². The highest BCUT2D eigenvalue weighted by Gasteiger charge is 2.10. The van der Waals surface area contributed by atoms with Crippen LogP contribution >= 0.6 is 46.9 Å². The van der Waals surface area contributed by atoms with Crippen LogP contribution in [0.5, 0.6) is 0 Å². The Morgan fingerprint density at radius 3 is 2.18 bits per heavy atom. The molecule has 3 nitrogen and oxygen atoms in total. The van der Waals surface area contributed by atoms with Gasteiger partial charge in [0.05, 0.1) is 19.3 Å². The van der Waals surface area contributed by atoms with Crippen molar-refractivity contribution in [3.05, 3.63) is 0 Å². The fourth-order valence-corrected chi connectivity index (χ4v) is 4.47. The molecule has 0 spiro atoms. The third-order valence-electron chi connectivity index (χ3n) is 1.78. The lowest BCUT2D eigenvalue weighted by molar-refractivity contribution is 0.225. The van der Waals surface area contributed by atoms with Crippen molar-refractivity contribution in [3.63, 3.8) is 0 Å². The third kappa shape index (κ3) is 12.0. The number of rotatable bonds is 12. The molecule has 0 saturated heterocycles. The molecule has 7 heteroatoms. The van der Waals surface area contributed by atoms with Gasteiger partial charge in [0.1, 0.15) is 0 Å². The van der Waals surface area contributed by atoms with E-state index in [1.54, 1.807) is 35.3 Å². The van der Waals surface area contributed by atoms with Gasteiger partial charge in [0, 0.05) is 39.9 Å². The van der Waals surface area contributed by atoms with Crippen LogP contribution < -0.4 is 0 Å². The van der Waals surface area contributed by atoms with Crippen LogP contribution in [0.3, 0.4) is 0 Å². The van der Waals surface area contributed by atoms with Crippen LogP contribution in [0.2, 0.25) is 0 Å². The van der Waals surface area contributed by atoms with E-state index >= 15 is 0 Å². The molecule has 0 aromatic heterocycles. The van der Waals surface area contributed by atoms with Crippen LogP contribution in [0.25, 0.3) is 0 Å². The predicted octanol–water partition coefficient (Wildman–Crippen LogP) is 1.14. The van der Waals surface area contributed by atoms with Crippen LogP contribution in [-0.4, -0.2) is 74.5 Å². The van der Waals surface area contributed by atoms with Crippen molar-refractivity contribution in [1.82, 2.24) is 0 Å². The number of alkyl halides is 1. The van der Waals surface area contributed by atoms with Crippen molar-refractivity contribution < 1.29 is 15.3 Å². The zero-order valence-corrected chi connectivity index (χ0v) is 13.0. The predicted molar refractivity (Wildman–Crippen MR) is 81.8 cm³/mol. The van der Waals surface area contributed by atoms with E-state index in [0.717, 1.165) is 5.75 Å². The molecule has 0 aromatic rings. The van der Waals surface area contributed by atoms with Gasteiger partial charge in [-0.2, -0.15) is 35.3 Å². The molecule has 0 aliphatic rings. The van der Waals surface area contributed by atoms with E-state index in [1.807, 2.05) is 0 Å². The Morgan fingerprint density at radius 2 is 1.59 bits per heavy atom. The minimum atomic E-state index is -0.324. The van der Waals surface area contributed by atoms with Crippen LogP contribution in [0.4, 0.5) is 0 Å². The number of hydrogen-bond donors (Lipinski definition) is 3. The van der Waals surface area contributed by atoms with Crippen molar-refractivity contribution in [2.45, 2.75) is 11.4 Å². The molecule has 0 saturated carbocycles. The largest absolute Gasteiger partial charge is 0.396 e. The second kappa shape index (κ2) is 13.6. The maximum absolute atomic E-state index is 9.63. The van der Waals surface area contributed by atoms with Crippen LogP contribution in [0, 0.1) is 0 Å². The lowest BCUT2D eigenvalue weighted by Crippen LogP contribution is -2.17. The molecule has 0 bridgehead atoms. The minimum absolute atomic E-state index is 0.163. The highest BCUT2D eigenvalue weighted by molar-refractivity contribution is 8.03. The molecule has 2 unspecified atom stereocenters. The van der Waals surface area contributed by atoms with E-state index in [2.05, 4.69) is 0 Å². The molecule has 3 N–H and O–H groups in total. The third-order valence-corrected chi connectivity index (χ3v) is 6.12. The Hall–Kier alpha value is 1.22. The summed E-state index contributed by atoms with van der Waals surface area (Å²) in [5.41, 5.74) is 0. The number of thioether (sulfide) groups is 3. The summed E-state index contributed by atoms with van der Waals surface area (Å²) in [6, 6.07) is 0. The first kappa shape index (κ1) is 18.2. The van der Waals surface area contributed by atoms with Crippen LogP contribution in [0.15, 0.2) is 0 Å². The van der Waals surface area contributed by atoms with E-state index in [1.165, 1.54) is 0 Å².